The van der Waals surface area contributed by atoms with E-state index in [1.54, 1.807) is 31.6 Å². The van der Waals surface area contributed by atoms with E-state index in [9.17, 15) is 9.59 Å². The standard InChI is InChI=1S/C20H29N5O3/c1-22-11-12-24-17(15-22)19(27)25(13-14-28-2)20(24)5-9-23(10-6-20)18(26)16-3-7-21-8-4-16/h3-4,7-8,17H,5-6,9-15H2,1-2H3/t17-/m1/s1. The molecule has 8 nitrogen and oxygen atoms in total. The molecule has 3 aliphatic rings. The van der Waals surface area contributed by atoms with Gasteiger partial charge in [-0.1, -0.05) is 0 Å². The first kappa shape index (κ1) is 19.3. The summed E-state index contributed by atoms with van der Waals surface area (Å²) in [4.78, 5) is 38.6. The van der Waals surface area contributed by atoms with Gasteiger partial charge in [-0.25, -0.2) is 0 Å². The number of hydrogen-bond donors (Lipinski definition) is 0. The lowest BCUT2D eigenvalue weighted by Gasteiger charge is -2.50. The average Bonchev–Trinajstić information content (AvgIpc) is 2.94. The predicted molar refractivity (Wildman–Crippen MR) is 104 cm³/mol. The van der Waals surface area contributed by atoms with Crippen molar-refractivity contribution in [3.63, 3.8) is 0 Å². The van der Waals surface area contributed by atoms with E-state index in [0.29, 0.717) is 31.8 Å². The maximum Gasteiger partial charge on any atom is 0.253 e. The van der Waals surface area contributed by atoms with Gasteiger partial charge >= 0.3 is 0 Å². The molecule has 1 aromatic rings. The van der Waals surface area contributed by atoms with Crippen LogP contribution in [-0.2, 0) is 9.53 Å². The number of fused-ring (bicyclic) bond motifs is 2. The number of methoxy groups -OCH3 is 1. The van der Waals surface area contributed by atoms with Gasteiger partial charge in [-0.05, 0) is 19.2 Å². The molecule has 8 heteroatoms. The number of nitrogens with zero attached hydrogens (tertiary/aromatic N) is 5. The Hall–Kier alpha value is -2.03. The van der Waals surface area contributed by atoms with E-state index in [4.69, 9.17) is 4.74 Å². The van der Waals surface area contributed by atoms with E-state index in [-0.39, 0.29) is 23.5 Å². The van der Waals surface area contributed by atoms with Crippen molar-refractivity contribution in [1.29, 1.82) is 0 Å². The maximum absolute atomic E-state index is 13.2. The molecule has 1 aromatic heterocycles. The second-order valence-electron chi connectivity index (χ2n) is 7.96. The third-order valence-corrected chi connectivity index (χ3v) is 6.47. The van der Waals surface area contributed by atoms with Crippen molar-refractivity contribution in [2.45, 2.75) is 24.5 Å². The molecule has 0 saturated carbocycles. The molecular weight excluding hydrogens is 358 g/mol. The van der Waals surface area contributed by atoms with Crippen molar-refractivity contribution in [1.82, 2.24) is 24.6 Å². The molecule has 0 radical (unpaired) electrons. The summed E-state index contributed by atoms with van der Waals surface area (Å²) in [6, 6.07) is 3.43. The van der Waals surface area contributed by atoms with E-state index in [0.717, 1.165) is 32.5 Å². The van der Waals surface area contributed by atoms with Gasteiger partial charge in [0.25, 0.3) is 5.91 Å². The van der Waals surface area contributed by atoms with Crippen LogP contribution in [0.1, 0.15) is 23.2 Å². The van der Waals surface area contributed by atoms with Gasteiger partial charge < -0.3 is 19.4 Å². The van der Waals surface area contributed by atoms with Crippen molar-refractivity contribution in [3.8, 4) is 0 Å². The van der Waals surface area contributed by atoms with Crippen LogP contribution in [0.25, 0.3) is 0 Å². The van der Waals surface area contributed by atoms with E-state index in [1.807, 2.05) is 9.80 Å². The van der Waals surface area contributed by atoms with Gasteiger partial charge in [-0.15, -0.1) is 0 Å². The van der Waals surface area contributed by atoms with Crippen LogP contribution >= 0.6 is 0 Å². The lowest BCUT2D eigenvalue weighted by Crippen LogP contribution is -2.63. The highest BCUT2D eigenvalue weighted by molar-refractivity contribution is 5.94. The van der Waals surface area contributed by atoms with Gasteiger partial charge in [0.05, 0.1) is 6.61 Å². The third kappa shape index (κ3) is 3.19. The number of likely N-dealkylation sites (N-methyl/N-ethyl adjacent to an activating group) is 1. The van der Waals surface area contributed by atoms with Crippen molar-refractivity contribution in [3.05, 3.63) is 30.1 Å². The average molecular weight is 387 g/mol. The highest BCUT2D eigenvalue weighted by Crippen LogP contribution is 2.41. The first-order valence-corrected chi connectivity index (χ1v) is 10.0. The molecule has 1 spiro atoms. The van der Waals surface area contributed by atoms with Gasteiger partial charge in [-0.2, -0.15) is 0 Å². The molecule has 4 heterocycles. The molecule has 3 saturated heterocycles. The Balaban J connectivity index is 1.54. The fourth-order valence-corrected chi connectivity index (χ4v) is 4.97. The maximum atomic E-state index is 13.2. The Morgan fingerprint density at radius 1 is 1.21 bits per heavy atom. The second-order valence-corrected chi connectivity index (χ2v) is 7.96. The van der Waals surface area contributed by atoms with Crippen LogP contribution in [-0.4, -0.2) is 108 Å². The SMILES string of the molecule is COCCN1C(=O)[C@H]2CN(C)CCN2C12CCN(C(=O)c1ccncc1)CC2. The van der Waals surface area contributed by atoms with Crippen molar-refractivity contribution in [2.75, 3.05) is 60.0 Å². The Morgan fingerprint density at radius 3 is 2.61 bits per heavy atom. The smallest absolute Gasteiger partial charge is 0.253 e. The molecule has 0 bridgehead atoms. The zero-order valence-corrected chi connectivity index (χ0v) is 16.7. The molecule has 28 heavy (non-hydrogen) atoms. The molecule has 3 fully saturated rings. The highest BCUT2D eigenvalue weighted by atomic mass is 16.5. The summed E-state index contributed by atoms with van der Waals surface area (Å²) in [5, 5.41) is 0. The fourth-order valence-electron chi connectivity index (χ4n) is 4.97. The number of hydrogen-bond acceptors (Lipinski definition) is 6. The third-order valence-electron chi connectivity index (χ3n) is 6.47. The summed E-state index contributed by atoms with van der Waals surface area (Å²) in [5.41, 5.74) is 0.374. The summed E-state index contributed by atoms with van der Waals surface area (Å²) in [6.45, 7) is 5.05. The van der Waals surface area contributed by atoms with Gasteiger partial charge in [0.15, 0.2) is 0 Å². The van der Waals surface area contributed by atoms with Crippen molar-refractivity contribution >= 4 is 11.8 Å². The number of carbonyl (C=O) groups excluding carboxylic acids is 2. The summed E-state index contributed by atoms with van der Waals surface area (Å²) in [5.74, 6) is 0.248. The minimum absolute atomic E-state index is 0.0416. The molecule has 0 N–H and O–H groups in total. The number of piperidine rings is 1. The van der Waals surface area contributed by atoms with Crippen molar-refractivity contribution in [2.24, 2.45) is 0 Å². The summed E-state index contributed by atoms with van der Waals surface area (Å²) >= 11 is 0. The molecule has 2 amide bonds. The Morgan fingerprint density at radius 2 is 1.93 bits per heavy atom. The number of piperazine rings is 1. The fraction of sp³-hybridized carbons (Fsp3) is 0.650. The number of likely N-dealkylation sites (tertiary alicyclic amines) is 1. The van der Waals surface area contributed by atoms with Crippen LogP contribution in [0.5, 0.6) is 0 Å². The Labute approximate surface area is 166 Å². The largest absolute Gasteiger partial charge is 0.383 e. The molecule has 152 valence electrons. The minimum Gasteiger partial charge on any atom is -0.383 e. The lowest BCUT2D eigenvalue weighted by molar-refractivity contribution is -0.134. The van der Waals surface area contributed by atoms with Gasteiger partial charge in [0, 0.05) is 77.2 Å². The number of aromatic nitrogens is 1. The van der Waals surface area contributed by atoms with E-state index in [2.05, 4.69) is 21.8 Å². The van der Waals surface area contributed by atoms with Crippen LogP contribution in [0.15, 0.2) is 24.5 Å². The molecule has 4 rings (SSSR count). The summed E-state index contributed by atoms with van der Waals surface area (Å²) in [7, 11) is 3.75. The molecule has 0 aliphatic carbocycles. The zero-order chi connectivity index (χ0) is 19.7. The molecular formula is C20H29N5O3. The van der Waals surface area contributed by atoms with Crippen LogP contribution in [0, 0.1) is 0 Å². The highest BCUT2D eigenvalue weighted by Gasteiger charge is 2.58. The molecule has 3 aliphatic heterocycles. The lowest BCUT2D eigenvalue weighted by atomic mass is 9.93. The second kappa shape index (κ2) is 7.77. The van der Waals surface area contributed by atoms with Gasteiger partial charge in [0.2, 0.25) is 5.91 Å². The van der Waals surface area contributed by atoms with E-state index < -0.39 is 0 Å². The minimum atomic E-state index is -0.295. The number of carbonyl (C=O) groups is 2. The zero-order valence-electron chi connectivity index (χ0n) is 16.7. The topological polar surface area (TPSA) is 69.2 Å². The van der Waals surface area contributed by atoms with Crippen LogP contribution in [0.4, 0.5) is 0 Å². The van der Waals surface area contributed by atoms with Crippen LogP contribution in [0.2, 0.25) is 0 Å². The summed E-state index contributed by atoms with van der Waals surface area (Å²) < 4.78 is 5.28. The molecule has 0 aromatic carbocycles. The quantitative estimate of drug-likeness (QED) is 0.731. The van der Waals surface area contributed by atoms with Gasteiger partial charge in [0.1, 0.15) is 11.7 Å². The number of amides is 2. The van der Waals surface area contributed by atoms with Crippen LogP contribution in [0.3, 0.4) is 0 Å². The van der Waals surface area contributed by atoms with E-state index in [1.165, 1.54) is 0 Å². The van der Waals surface area contributed by atoms with Crippen molar-refractivity contribution < 1.29 is 14.3 Å². The number of ether oxygens (including phenoxy) is 1. The Bertz CT molecular complexity index is 720. The first-order chi connectivity index (χ1) is 13.6. The normalized spacial score (nSPS) is 25.4. The van der Waals surface area contributed by atoms with Gasteiger partial charge in [-0.3, -0.25) is 19.5 Å². The monoisotopic (exact) mass is 387 g/mol. The first-order valence-electron chi connectivity index (χ1n) is 10.0. The predicted octanol–water partition coefficient (Wildman–Crippen LogP) is 0.119. The molecule has 1 atom stereocenters. The van der Waals surface area contributed by atoms with E-state index >= 15 is 0 Å². The summed E-state index contributed by atoms with van der Waals surface area (Å²) in [6.07, 6.45) is 4.85. The van der Waals surface area contributed by atoms with Crippen LogP contribution < -0.4 is 0 Å². The Kier molecular flexibility index (Phi) is 5.35. The molecule has 0 unspecified atom stereocenters. The number of rotatable bonds is 4. The number of pyridine rings is 1.